The molecule has 0 aliphatic rings. The first-order valence-corrected chi connectivity index (χ1v) is 5.89. The van der Waals surface area contributed by atoms with Gasteiger partial charge in [0.25, 0.3) is 5.91 Å². The lowest BCUT2D eigenvalue weighted by atomic mass is 10.4. The SMILES string of the molecule is O=C(NCCc1ncno1)c1cc(S)cs1. The number of thiol groups is 1. The van der Waals surface area contributed by atoms with E-state index in [9.17, 15) is 4.79 Å². The van der Waals surface area contributed by atoms with Crippen LogP contribution in [0, 0.1) is 0 Å². The van der Waals surface area contributed by atoms with Crippen LogP contribution in [0.4, 0.5) is 0 Å². The third-order valence-corrected chi connectivity index (χ3v) is 3.20. The van der Waals surface area contributed by atoms with E-state index in [0.29, 0.717) is 23.7 Å². The van der Waals surface area contributed by atoms with Gasteiger partial charge in [-0.3, -0.25) is 4.79 Å². The van der Waals surface area contributed by atoms with Crippen LogP contribution >= 0.6 is 24.0 Å². The van der Waals surface area contributed by atoms with Crippen LogP contribution in [0.25, 0.3) is 0 Å². The molecule has 0 aromatic carbocycles. The molecule has 16 heavy (non-hydrogen) atoms. The molecule has 0 radical (unpaired) electrons. The van der Waals surface area contributed by atoms with Crippen LogP contribution in [-0.4, -0.2) is 22.6 Å². The highest BCUT2D eigenvalue weighted by Crippen LogP contribution is 2.17. The number of carbonyl (C=O) groups is 1. The number of nitrogens with one attached hydrogen (secondary N) is 1. The van der Waals surface area contributed by atoms with Crippen molar-refractivity contribution in [1.82, 2.24) is 15.5 Å². The second-order valence-electron chi connectivity index (χ2n) is 3.01. The average Bonchev–Trinajstić information content (AvgIpc) is 2.89. The minimum atomic E-state index is -0.107. The summed E-state index contributed by atoms with van der Waals surface area (Å²) in [5.74, 6) is 0.408. The van der Waals surface area contributed by atoms with Gasteiger partial charge in [0.15, 0.2) is 6.33 Å². The number of rotatable bonds is 4. The molecule has 0 aliphatic carbocycles. The molecule has 84 valence electrons. The van der Waals surface area contributed by atoms with Crippen molar-refractivity contribution in [2.45, 2.75) is 11.3 Å². The Hall–Kier alpha value is -1.34. The number of hydrogen-bond acceptors (Lipinski definition) is 6. The van der Waals surface area contributed by atoms with Gasteiger partial charge in [-0.1, -0.05) is 5.16 Å². The topological polar surface area (TPSA) is 68.0 Å². The zero-order valence-electron chi connectivity index (χ0n) is 8.21. The lowest BCUT2D eigenvalue weighted by molar-refractivity contribution is 0.0957. The first-order chi connectivity index (χ1) is 7.75. The minimum absolute atomic E-state index is 0.107. The van der Waals surface area contributed by atoms with Gasteiger partial charge in [0.2, 0.25) is 5.89 Å². The minimum Gasteiger partial charge on any atom is -0.351 e. The van der Waals surface area contributed by atoms with E-state index in [0.717, 1.165) is 4.90 Å². The Morgan fingerprint density at radius 3 is 3.12 bits per heavy atom. The summed E-state index contributed by atoms with van der Waals surface area (Å²) in [6, 6.07) is 1.73. The zero-order chi connectivity index (χ0) is 11.4. The van der Waals surface area contributed by atoms with Crippen LogP contribution in [0.5, 0.6) is 0 Å². The van der Waals surface area contributed by atoms with Gasteiger partial charge in [0.1, 0.15) is 0 Å². The summed E-state index contributed by atoms with van der Waals surface area (Å²) in [6.07, 6.45) is 1.87. The molecule has 2 aromatic rings. The van der Waals surface area contributed by atoms with Gasteiger partial charge in [-0.2, -0.15) is 4.98 Å². The molecule has 7 heteroatoms. The van der Waals surface area contributed by atoms with Gasteiger partial charge in [-0.05, 0) is 6.07 Å². The van der Waals surface area contributed by atoms with Crippen molar-refractivity contribution in [2.24, 2.45) is 0 Å². The van der Waals surface area contributed by atoms with Crippen molar-refractivity contribution in [3.05, 3.63) is 28.5 Å². The summed E-state index contributed by atoms with van der Waals surface area (Å²) in [7, 11) is 0. The Labute approximate surface area is 101 Å². The third kappa shape index (κ3) is 2.83. The molecule has 1 N–H and O–H groups in total. The Morgan fingerprint density at radius 1 is 1.62 bits per heavy atom. The number of carbonyl (C=O) groups excluding carboxylic acids is 1. The molecule has 5 nitrogen and oxygen atoms in total. The van der Waals surface area contributed by atoms with E-state index < -0.39 is 0 Å². The fourth-order valence-corrected chi connectivity index (χ4v) is 2.19. The molecular weight excluding hydrogens is 246 g/mol. The van der Waals surface area contributed by atoms with E-state index >= 15 is 0 Å². The van der Waals surface area contributed by atoms with Gasteiger partial charge in [-0.25, -0.2) is 0 Å². The van der Waals surface area contributed by atoms with Crippen LogP contribution in [0.3, 0.4) is 0 Å². The number of amides is 1. The number of hydrogen-bond donors (Lipinski definition) is 2. The zero-order valence-corrected chi connectivity index (χ0v) is 9.92. The lowest BCUT2D eigenvalue weighted by Gasteiger charge is -2.00. The highest BCUT2D eigenvalue weighted by atomic mass is 32.1. The molecule has 2 aromatic heterocycles. The third-order valence-electron chi connectivity index (χ3n) is 1.84. The molecule has 0 saturated carbocycles. The van der Waals surface area contributed by atoms with Crippen LogP contribution < -0.4 is 5.32 Å². The van der Waals surface area contributed by atoms with Crippen LogP contribution in [-0.2, 0) is 6.42 Å². The van der Waals surface area contributed by atoms with Crippen molar-refractivity contribution >= 4 is 29.9 Å². The molecule has 0 unspecified atom stereocenters. The first-order valence-electron chi connectivity index (χ1n) is 4.57. The molecule has 0 aliphatic heterocycles. The van der Waals surface area contributed by atoms with E-state index in [2.05, 4.69) is 28.1 Å². The van der Waals surface area contributed by atoms with E-state index in [-0.39, 0.29) is 5.91 Å². The molecule has 0 fully saturated rings. The fraction of sp³-hybridized carbons (Fsp3) is 0.222. The first kappa shape index (κ1) is 11.2. The Kier molecular flexibility index (Phi) is 3.58. The molecular formula is C9H9N3O2S2. The maximum atomic E-state index is 11.6. The maximum absolute atomic E-state index is 11.6. The lowest BCUT2D eigenvalue weighted by Crippen LogP contribution is -2.24. The van der Waals surface area contributed by atoms with Crippen molar-refractivity contribution in [3.8, 4) is 0 Å². The molecule has 1 amide bonds. The predicted molar refractivity (Wildman–Crippen MR) is 61.9 cm³/mol. The fourth-order valence-electron chi connectivity index (χ4n) is 1.12. The molecule has 0 saturated heterocycles. The van der Waals surface area contributed by atoms with Gasteiger partial charge in [0, 0.05) is 23.2 Å². The van der Waals surface area contributed by atoms with Gasteiger partial charge in [-0.15, -0.1) is 24.0 Å². The molecule has 2 heterocycles. The summed E-state index contributed by atoms with van der Waals surface area (Å²) in [5, 5.41) is 8.05. The number of nitrogens with zero attached hydrogens (tertiary/aromatic N) is 2. The molecule has 0 spiro atoms. The van der Waals surface area contributed by atoms with Crippen LogP contribution in [0.2, 0.25) is 0 Å². The van der Waals surface area contributed by atoms with Crippen molar-refractivity contribution < 1.29 is 9.32 Å². The van der Waals surface area contributed by atoms with Crippen molar-refractivity contribution in [3.63, 3.8) is 0 Å². The van der Waals surface area contributed by atoms with Crippen molar-refractivity contribution in [2.75, 3.05) is 6.54 Å². The highest BCUT2D eigenvalue weighted by Gasteiger charge is 2.08. The summed E-state index contributed by atoms with van der Waals surface area (Å²) in [6.45, 7) is 0.473. The summed E-state index contributed by atoms with van der Waals surface area (Å²) in [5.41, 5.74) is 0. The van der Waals surface area contributed by atoms with Crippen molar-refractivity contribution in [1.29, 1.82) is 0 Å². The Bertz CT molecular complexity index is 467. The largest absolute Gasteiger partial charge is 0.351 e. The summed E-state index contributed by atoms with van der Waals surface area (Å²) >= 11 is 5.50. The van der Waals surface area contributed by atoms with E-state index in [4.69, 9.17) is 4.52 Å². The molecule has 0 bridgehead atoms. The second kappa shape index (κ2) is 5.13. The number of aromatic nitrogens is 2. The summed E-state index contributed by atoms with van der Waals surface area (Å²) < 4.78 is 4.80. The smallest absolute Gasteiger partial charge is 0.261 e. The van der Waals surface area contributed by atoms with E-state index in [1.54, 1.807) is 6.07 Å². The Morgan fingerprint density at radius 2 is 2.50 bits per heavy atom. The molecule has 0 atom stereocenters. The van der Waals surface area contributed by atoms with E-state index in [1.165, 1.54) is 17.7 Å². The second-order valence-corrected chi connectivity index (χ2v) is 4.44. The number of thiophene rings is 1. The Balaban J connectivity index is 1.80. The normalized spacial score (nSPS) is 10.3. The highest BCUT2D eigenvalue weighted by molar-refractivity contribution is 7.80. The quantitative estimate of drug-likeness (QED) is 0.810. The van der Waals surface area contributed by atoms with E-state index in [1.807, 2.05) is 5.38 Å². The van der Waals surface area contributed by atoms with Gasteiger partial charge in [0.05, 0.1) is 4.88 Å². The standard InChI is InChI=1S/C9H9N3O2S2/c13-9(7-3-6(15)4-16-7)10-2-1-8-11-5-12-14-8/h3-5,15H,1-2H2,(H,10,13). The van der Waals surface area contributed by atoms with Crippen LogP contribution in [0.1, 0.15) is 15.6 Å². The monoisotopic (exact) mass is 255 g/mol. The maximum Gasteiger partial charge on any atom is 0.261 e. The van der Waals surface area contributed by atoms with Gasteiger partial charge < -0.3 is 9.84 Å². The average molecular weight is 255 g/mol. The summed E-state index contributed by atoms with van der Waals surface area (Å²) in [4.78, 5) is 16.9. The molecule has 2 rings (SSSR count). The van der Waals surface area contributed by atoms with Crippen LogP contribution in [0.15, 0.2) is 27.2 Å². The predicted octanol–water partition coefficient (Wildman–Crippen LogP) is 1.39. The van der Waals surface area contributed by atoms with Gasteiger partial charge >= 0.3 is 0 Å².